The fourth-order valence-corrected chi connectivity index (χ4v) is 6.22. The zero-order valence-corrected chi connectivity index (χ0v) is 19.9. The summed E-state index contributed by atoms with van der Waals surface area (Å²) >= 11 is 0. The topological polar surface area (TPSA) is 64.7 Å². The van der Waals surface area contributed by atoms with Gasteiger partial charge in [-0.2, -0.15) is 17.0 Å². The molecule has 0 amide bonds. The van der Waals surface area contributed by atoms with Gasteiger partial charge >= 0.3 is 0 Å². The second-order valence-corrected chi connectivity index (χ2v) is 11.4. The van der Waals surface area contributed by atoms with Crippen molar-refractivity contribution >= 4 is 10.2 Å². The molecule has 1 aromatic rings. The summed E-state index contributed by atoms with van der Waals surface area (Å²) in [7, 11) is 1.57. The highest BCUT2D eigenvalue weighted by Gasteiger charge is 2.35. The largest absolute Gasteiger partial charge is 0.317 e. The molecular weight excluding hydrogens is 396 g/mol. The molecule has 2 fully saturated rings. The Bertz CT molecular complexity index is 777. The van der Waals surface area contributed by atoms with Crippen LogP contribution in [0.2, 0.25) is 0 Å². The molecule has 1 aromatic carbocycles. The Labute approximate surface area is 183 Å². The Kier molecular flexibility index (Phi) is 8.32. The summed E-state index contributed by atoms with van der Waals surface area (Å²) < 4.78 is 28.1. The first kappa shape index (κ1) is 23.7. The smallest absolute Gasteiger partial charge is 0.281 e. The highest BCUT2D eigenvalue weighted by molar-refractivity contribution is 7.86. The first-order valence-electron chi connectivity index (χ1n) is 11.5. The van der Waals surface area contributed by atoms with Crippen molar-refractivity contribution in [2.24, 2.45) is 5.92 Å². The lowest BCUT2D eigenvalue weighted by atomic mass is 9.75. The molecule has 0 saturated carbocycles. The van der Waals surface area contributed by atoms with Crippen LogP contribution in [0.25, 0.3) is 0 Å². The van der Waals surface area contributed by atoms with E-state index in [-0.39, 0.29) is 6.04 Å². The first-order valence-corrected chi connectivity index (χ1v) is 12.9. The van der Waals surface area contributed by atoms with Crippen LogP contribution in [-0.4, -0.2) is 69.9 Å². The molecule has 0 aliphatic carbocycles. The Hall–Kier alpha value is -0.990. The SMILES string of the molecule is CCc1cccc([C@@H](CC2CC(N(C)S(=O)(=O)N(C)C)CCN2)C2CCNCC2)c1. The summed E-state index contributed by atoms with van der Waals surface area (Å²) in [5.41, 5.74) is 2.86. The maximum atomic E-state index is 12.6. The molecule has 2 aliphatic rings. The maximum Gasteiger partial charge on any atom is 0.281 e. The minimum absolute atomic E-state index is 0.0549. The number of hydrogen-bond donors (Lipinski definition) is 2. The van der Waals surface area contributed by atoms with Crippen LogP contribution >= 0.6 is 0 Å². The average molecular weight is 437 g/mol. The van der Waals surface area contributed by atoms with Crippen molar-refractivity contribution in [1.82, 2.24) is 19.2 Å². The Morgan fingerprint density at radius 2 is 1.83 bits per heavy atom. The molecule has 2 heterocycles. The molecule has 2 saturated heterocycles. The minimum Gasteiger partial charge on any atom is -0.317 e. The van der Waals surface area contributed by atoms with E-state index in [2.05, 4.69) is 41.8 Å². The van der Waals surface area contributed by atoms with Crippen molar-refractivity contribution in [2.45, 2.75) is 63.5 Å². The third kappa shape index (κ3) is 5.62. The van der Waals surface area contributed by atoms with Gasteiger partial charge in [-0.1, -0.05) is 31.2 Å². The van der Waals surface area contributed by atoms with Crippen LogP contribution in [0.3, 0.4) is 0 Å². The number of benzene rings is 1. The summed E-state index contributed by atoms with van der Waals surface area (Å²) in [6, 6.07) is 9.52. The van der Waals surface area contributed by atoms with Crippen molar-refractivity contribution in [3.8, 4) is 0 Å². The summed E-state index contributed by atoms with van der Waals surface area (Å²) in [4.78, 5) is 0. The van der Waals surface area contributed by atoms with Gasteiger partial charge < -0.3 is 10.6 Å². The van der Waals surface area contributed by atoms with Gasteiger partial charge in [-0.15, -0.1) is 0 Å². The van der Waals surface area contributed by atoms with E-state index in [1.54, 1.807) is 25.4 Å². The van der Waals surface area contributed by atoms with E-state index in [0.29, 0.717) is 17.9 Å². The fourth-order valence-electron chi connectivity index (χ4n) is 5.14. The van der Waals surface area contributed by atoms with Crippen molar-refractivity contribution in [3.05, 3.63) is 35.4 Å². The molecule has 3 rings (SSSR count). The third-order valence-corrected chi connectivity index (χ3v) is 9.03. The van der Waals surface area contributed by atoms with E-state index in [9.17, 15) is 8.42 Å². The highest BCUT2D eigenvalue weighted by Crippen LogP contribution is 2.37. The van der Waals surface area contributed by atoms with Crippen LogP contribution in [-0.2, 0) is 16.6 Å². The molecule has 2 aliphatic heterocycles. The maximum absolute atomic E-state index is 12.6. The van der Waals surface area contributed by atoms with E-state index in [1.165, 1.54) is 28.3 Å². The molecule has 0 spiro atoms. The van der Waals surface area contributed by atoms with Gasteiger partial charge in [0.15, 0.2) is 0 Å². The zero-order chi connectivity index (χ0) is 21.7. The standard InChI is InChI=1S/C23H40N4O2S/c1-5-18-7-6-8-20(15-18)23(19-9-12-24-13-10-19)17-21-16-22(11-14-25-21)27(4)30(28,29)26(2)3/h6-8,15,19,21-25H,5,9-14,16-17H2,1-4H3/t21?,22?,23-/m0/s1. The lowest BCUT2D eigenvalue weighted by molar-refractivity contribution is 0.214. The molecule has 30 heavy (non-hydrogen) atoms. The molecule has 0 radical (unpaired) electrons. The van der Waals surface area contributed by atoms with Crippen LogP contribution in [0.5, 0.6) is 0 Å². The molecule has 2 unspecified atom stereocenters. The van der Waals surface area contributed by atoms with Crippen molar-refractivity contribution in [2.75, 3.05) is 40.8 Å². The first-order chi connectivity index (χ1) is 14.3. The second-order valence-electron chi connectivity index (χ2n) is 9.16. The summed E-state index contributed by atoms with van der Waals surface area (Å²) in [6.07, 6.45) is 6.30. The predicted molar refractivity (Wildman–Crippen MR) is 124 cm³/mol. The van der Waals surface area contributed by atoms with Crippen LogP contribution in [0.4, 0.5) is 0 Å². The molecule has 0 aromatic heterocycles. The molecule has 6 nitrogen and oxygen atoms in total. The Morgan fingerprint density at radius 3 is 2.50 bits per heavy atom. The minimum atomic E-state index is -3.38. The van der Waals surface area contributed by atoms with Gasteiger partial charge in [-0.05, 0) is 81.1 Å². The summed E-state index contributed by atoms with van der Waals surface area (Å²) in [6.45, 7) is 5.28. The monoisotopic (exact) mass is 436 g/mol. The second kappa shape index (κ2) is 10.6. The fraction of sp³-hybridized carbons (Fsp3) is 0.739. The molecule has 7 heteroatoms. The number of nitrogens with one attached hydrogen (secondary N) is 2. The quantitative estimate of drug-likeness (QED) is 0.657. The van der Waals surface area contributed by atoms with E-state index in [4.69, 9.17) is 0 Å². The average Bonchev–Trinajstić information content (AvgIpc) is 2.77. The Balaban J connectivity index is 1.76. The van der Waals surface area contributed by atoms with Crippen molar-refractivity contribution in [1.29, 1.82) is 0 Å². The van der Waals surface area contributed by atoms with Crippen LogP contribution < -0.4 is 10.6 Å². The van der Waals surface area contributed by atoms with Gasteiger partial charge in [0, 0.05) is 33.2 Å². The van der Waals surface area contributed by atoms with Gasteiger partial charge in [-0.3, -0.25) is 0 Å². The molecule has 170 valence electrons. The molecule has 3 atom stereocenters. The lowest BCUT2D eigenvalue weighted by Crippen LogP contribution is -2.51. The van der Waals surface area contributed by atoms with Crippen molar-refractivity contribution in [3.63, 3.8) is 0 Å². The molecule has 2 N–H and O–H groups in total. The van der Waals surface area contributed by atoms with E-state index >= 15 is 0 Å². The third-order valence-electron chi connectivity index (χ3n) is 7.09. The lowest BCUT2D eigenvalue weighted by Gasteiger charge is -2.39. The normalized spacial score (nSPS) is 25.0. The van der Waals surface area contributed by atoms with Crippen molar-refractivity contribution < 1.29 is 8.42 Å². The number of hydrogen-bond acceptors (Lipinski definition) is 4. The van der Waals surface area contributed by atoms with E-state index in [1.807, 2.05) is 0 Å². The predicted octanol–water partition coefficient (Wildman–Crippen LogP) is 2.58. The van der Waals surface area contributed by atoms with E-state index in [0.717, 1.165) is 45.3 Å². The van der Waals surface area contributed by atoms with Gasteiger partial charge in [0.05, 0.1) is 0 Å². The van der Waals surface area contributed by atoms with Crippen LogP contribution in [0.15, 0.2) is 24.3 Å². The Morgan fingerprint density at radius 1 is 1.10 bits per heavy atom. The van der Waals surface area contributed by atoms with Crippen LogP contribution in [0, 0.1) is 5.92 Å². The van der Waals surface area contributed by atoms with Gasteiger partial charge in [0.1, 0.15) is 0 Å². The summed E-state index contributed by atoms with van der Waals surface area (Å²) in [5, 5.41) is 7.20. The number of aryl methyl sites for hydroxylation is 1. The summed E-state index contributed by atoms with van der Waals surface area (Å²) in [5.74, 6) is 1.20. The highest BCUT2D eigenvalue weighted by atomic mass is 32.2. The molecular formula is C23H40N4O2S. The van der Waals surface area contributed by atoms with Crippen LogP contribution in [0.1, 0.15) is 56.1 Å². The van der Waals surface area contributed by atoms with Gasteiger partial charge in [-0.25, -0.2) is 0 Å². The van der Waals surface area contributed by atoms with Gasteiger partial charge in [0.2, 0.25) is 0 Å². The zero-order valence-electron chi connectivity index (χ0n) is 19.1. The van der Waals surface area contributed by atoms with E-state index < -0.39 is 10.2 Å². The molecule has 0 bridgehead atoms. The number of rotatable bonds is 8. The number of piperidine rings is 2. The number of nitrogens with zero attached hydrogens (tertiary/aromatic N) is 2. The van der Waals surface area contributed by atoms with Gasteiger partial charge in [0.25, 0.3) is 10.2 Å².